The molecule has 3 heterocycles. The molecule has 8 nitrogen and oxygen atoms in total. The minimum absolute atomic E-state index is 0.113. The van der Waals surface area contributed by atoms with Gasteiger partial charge in [-0.25, -0.2) is 9.97 Å². The van der Waals surface area contributed by atoms with Crippen LogP contribution in [-0.2, 0) is 4.79 Å². The fourth-order valence-electron chi connectivity index (χ4n) is 4.78. The third-order valence-corrected chi connectivity index (χ3v) is 6.47. The van der Waals surface area contributed by atoms with E-state index in [-0.39, 0.29) is 23.9 Å². The van der Waals surface area contributed by atoms with Crippen molar-refractivity contribution in [3.8, 4) is 11.1 Å². The van der Waals surface area contributed by atoms with Gasteiger partial charge in [-0.05, 0) is 61.2 Å². The Kier molecular flexibility index (Phi) is 6.01. The molecule has 8 heteroatoms. The molecule has 0 spiro atoms. The zero-order chi connectivity index (χ0) is 24.4. The molecular weight excluding hydrogens is 440 g/mol. The van der Waals surface area contributed by atoms with Gasteiger partial charge in [0.25, 0.3) is 5.91 Å². The summed E-state index contributed by atoms with van der Waals surface area (Å²) in [5.41, 5.74) is 9.76. The van der Waals surface area contributed by atoms with Crippen LogP contribution in [-0.4, -0.2) is 32.4 Å². The summed E-state index contributed by atoms with van der Waals surface area (Å²) in [5.74, 6) is 0.595. The van der Waals surface area contributed by atoms with Crippen LogP contribution in [0.5, 0.6) is 0 Å². The molecule has 1 aliphatic rings. The van der Waals surface area contributed by atoms with Crippen LogP contribution in [0.3, 0.4) is 0 Å². The van der Waals surface area contributed by atoms with Crippen LogP contribution in [0, 0.1) is 0 Å². The Bertz CT molecular complexity index is 1390. The molecule has 1 aliphatic carbocycles. The number of aromatic nitrogens is 3. The third-order valence-electron chi connectivity index (χ3n) is 6.47. The number of nitrogens with one attached hydrogen (secondary N) is 2. The fraction of sp³-hybridized carbons (Fsp3) is 0.185. The first-order valence-corrected chi connectivity index (χ1v) is 11.5. The van der Waals surface area contributed by atoms with Gasteiger partial charge in [-0.3, -0.25) is 9.59 Å². The summed E-state index contributed by atoms with van der Waals surface area (Å²) in [6, 6.07) is 15.1. The number of carbonyl (C=O) groups is 2. The van der Waals surface area contributed by atoms with Gasteiger partial charge in [0.2, 0.25) is 5.91 Å². The molecule has 0 aliphatic heterocycles. The number of hydrogen-bond donors (Lipinski definition) is 3. The highest BCUT2D eigenvalue weighted by Crippen LogP contribution is 2.39. The molecule has 4 aromatic rings. The number of amides is 2. The number of hydrogen-bond acceptors (Lipinski definition) is 5. The first-order valence-electron chi connectivity index (χ1n) is 11.5. The van der Waals surface area contributed by atoms with E-state index in [0.29, 0.717) is 17.2 Å². The number of pyridine rings is 2. The van der Waals surface area contributed by atoms with Crippen molar-refractivity contribution in [1.29, 1.82) is 0 Å². The second-order valence-electron chi connectivity index (χ2n) is 8.66. The second kappa shape index (κ2) is 9.42. The summed E-state index contributed by atoms with van der Waals surface area (Å²) < 4.78 is 2.24. The molecule has 0 saturated heterocycles. The average molecular weight is 467 g/mol. The van der Waals surface area contributed by atoms with Crippen LogP contribution in [0.25, 0.3) is 22.0 Å². The van der Waals surface area contributed by atoms with E-state index in [1.54, 1.807) is 36.7 Å². The summed E-state index contributed by atoms with van der Waals surface area (Å²) in [6.07, 6.45) is 9.44. The maximum atomic E-state index is 12.6. The Balaban J connectivity index is 1.43. The normalized spacial score (nSPS) is 17.3. The van der Waals surface area contributed by atoms with E-state index in [9.17, 15) is 9.59 Å². The van der Waals surface area contributed by atoms with Gasteiger partial charge in [0, 0.05) is 47.2 Å². The highest BCUT2D eigenvalue weighted by Gasteiger charge is 2.28. The number of benzene rings is 1. The van der Waals surface area contributed by atoms with Crippen molar-refractivity contribution in [2.75, 3.05) is 11.1 Å². The predicted molar refractivity (Wildman–Crippen MR) is 137 cm³/mol. The molecule has 35 heavy (non-hydrogen) atoms. The number of fused-ring (bicyclic) bond motifs is 1. The molecule has 3 aromatic heterocycles. The maximum Gasteiger partial charge on any atom is 0.256 e. The van der Waals surface area contributed by atoms with Crippen molar-refractivity contribution in [2.24, 2.45) is 0 Å². The average Bonchev–Trinajstić information content (AvgIpc) is 3.50. The topological polar surface area (TPSA) is 115 Å². The third kappa shape index (κ3) is 4.50. The first-order chi connectivity index (χ1) is 17.0. The van der Waals surface area contributed by atoms with Gasteiger partial charge in [0.1, 0.15) is 11.6 Å². The van der Waals surface area contributed by atoms with E-state index < -0.39 is 0 Å². The molecule has 2 unspecified atom stereocenters. The van der Waals surface area contributed by atoms with Crippen molar-refractivity contribution in [1.82, 2.24) is 19.9 Å². The molecule has 176 valence electrons. The number of rotatable bonds is 6. The van der Waals surface area contributed by atoms with E-state index >= 15 is 0 Å². The Labute approximate surface area is 202 Å². The lowest BCUT2D eigenvalue weighted by Gasteiger charge is -2.15. The lowest BCUT2D eigenvalue weighted by atomic mass is 10.0. The van der Waals surface area contributed by atoms with Gasteiger partial charge in [-0.1, -0.05) is 24.8 Å². The second-order valence-corrected chi connectivity index (χ2v) is 8.66. The van der Waals surface area contributed by atoms with Gasteiger partial charge in [-0.15, -0.1) is 0 Å². The molecule has 2 amide bonds. The van der Waals surface area contributed by atoms with Gasteiger partial charge < -0.3 is 20.9 Å². The quantitative estimate of drug-likeness (QED) is 0.366. The van der Waals surface area contributed by atoms with Crippen molar-refractivity contribution >= 4 is 34.4 Å². The summed E-state index contributed by atoms with van der Waals surface area (Å²) in [7, 11) is 0. The van der Waals surface area contributed by atoms with Crippen molar-refractivity contribution in [3.63, 3.8) is 0 Å². The van der Waals surface area contributed by atoms with Crippen LogP contribution < -0.4 is 16.4 Å². The zero-order valence-corrected chi connectivity index (χ0v) is 19.1. The Morgan fingerprint density at radius 3 is 2.63 bits per heavy atom. The highest BCUT2D eigenvalue weighted by molar-refractivity contribution is 6.05. The van der Waals surface area contributed by atoms with E-state index in [4.69, 9.17) is 5.73 Å². The molecule has 5 rings (SSSR count). The maximum absolute atomic E-state index is 12.6. The molecule has 1 aromatic carbocycles. The summed E-state index contributed by atoms with van der Waals surface area (Å²) in [5, 5.41) is 6.70. The SMILES string of the molecule is C=CC(=O)NC1CCC(n2cc(-c3ccc(C(=O)Nc4ccccn4)cc3)c3c(N)nccc32)C1. The summed E-state index contributed by atoms with van der Waals surface area (Å²) >= 11 is 0. The van der Waals surface area contributed by atoms with Gasteiger partial charge in [0.05, 0.1) is 5.52 Å². The van der Waals surface area contributed by atoms with E-state index in [1.165, 1.54) is 6.08 Å². The Morgan fingerprint density at radius 2 is 1.89 bits per heavy atom. The molecule has 1 fully saturated rings. The predicted octanol–water partition coefficient (Wildman–Crippen LogP) is 4.33. The monoisotopic (exact) mass is 466 g/mol. The Hall–Kier alpha value is -4.46. The number of nitrogens with two attached hydrogens (primary N) is 1. The standard InChI is InChI=1S/C27H26N6O2/c1-2-24(34)31-19-10-11-20(15-19)33-16-21(25-22(33)12-14-30-26(25)28)17-6-8-18(9-7-17)27(35)32-23-5-3-4-13-29-23/h2-9,12-14,16,19-20H,1,10-11,15H2,(H2,28,30)(H,31,34)(H,29,32,35). The van der Waals surface area contributed by atoms with Gasteiger partial charge in [-0.2, -0.15) is 0 Å². The smallest absolute Gasteiger partial charge is 0.256 e. The van der Waals surface area contributed by atoms with Gasteiger partial charge in [0.15, 0.2) is 0 Å². The van der Waals surface area contributed by atoms with Crippen LogP contribution >= 0.6 is 0 Å². The molecule has 0 radical (unpaired) electrons. The fourth-order valence-corrected chi connectivity index (χ4v) is 4.78. The minimum Gasteiger partial charge on any atom is -0.383 e. The summed E-state index contributed by atoms with van der Waals surface area (Å²) in [4.78, 5) is 32.8. The lowest BCUT2D eigenvalue weighted by Crippen LogP contribution is -2.31. The van der Waals surface area contributed by atoms with E-state index in [0.717, 1.165) is 41.3 Å². The summed E-state index contributed by atoms with van der Waals surface area (Å²) in [6.45, 7) is 3.54. The zero-order valence-electron chi connectivity index (χ0n) is 19.1. The van der Waals surface area contributed by atoms with Crippen LogP contribution in [0.1, 0.15) is 35.7 Å². The molecule has 2 atom stereocenters. The van der Waals surface area contributed by atoms with Crippen LogP contribution in [0.15, 0.2) is 79.8 Å². The largest absolute Gasteiger partial charge is 0.383 e. The molecule has 4 N–H and O–H groups in total. The Morgan fingerprint density at radius 1 is 1.06 bits per heavy atom. The van der Waals surface area contributed by atoms with Crippen molar-refractivity contribution in [3.05, 3.63) is 85.3 Å². The van der Waals surface area contributed by atoms with Crippen molar-refractivity contribution in [2.45, 2.75) is 31.3 Å². The van der Waals surface area contributed by atoms with Crippen molar-refractivity contribution < 1.29 is 9.59 Å². The molecule has 0 bridgehead atoms. The first kappa shape index (κ1) is 22.3. The number of anilines is 2. The molecule has 1 saturated carbocycles. The number of nitrogens with zero attached hydrogens (tertiary/aromatic N) is 3. The molecular formula is C27H26N6O2. The minimum atomic E-state index is -0.225. The van der Waals surface area contributed by atoms with Crippen LogP contribution in [0.2, 0.25) is 0 Å². The van der Waals surface area contributed by atoms with E-state index in [1.807, 2.05) is 24.3 Å². The van der Waals surface area contributed by atoms with Gasteiger partial charge >= 0.3 is 0 Å². The highest BCUT2D eigenvalue weighted by atomic mass is 16.2. The lowest BCUT2D eigenvalue weighted by molar-refractivity contribution is -0.117. The number of nitrogen functional groups attached to an aromatic ring is 1. The van der Waals surface area contributed by atoms with E-state index in [2.05, 4.69) is 37.9 Å². The number of carbonyl (C=O) groups excluding carboxylic acids is 2. The van der Waals surface area contributed by atoms with Crippen LogP contribution in [0.4, 0.5) is 11.6 Å².